The van der Waals surface area contributed by atoms with Crippen LogP contribution < -0.4 is 56.2 Å². The summed E-state index contributed by atoms with van der Waals surface area (Å²) in [6.07, 6.45) is 12.6. The normalized spacial score (nSPS) is 13.9. The van der Waals surface area contributed by atoms with E-state index in [0.29, 0.717) is 153 Å². The second kappa shape index (κ2) is 39.2. The number of nitrogen functional groups attached to an aromatic ring is 5. The van der Waals surface area contributed by atoms with E-state index < -0.39 is 0 Å². The lowest BCUT2D eigenvalue weighted by Gasteiger charge is -2.32. The Morgan fingerprint density at radius 3 is 1.29 bits per heavy atom. The van der Waals surface area contributed by atoms with Gasteiger partial charge in [-0.15, -0.1) is 0 Å². The average molecular weight is 1950 g/mol. The number of morpholine rings is 1. The Balaban J connectivity index is 0.000000115. The monoisotopic (exact) mass is 1940 g/mol. The van der Waals surface area contributed by atoms with Crippen molar-refractivity contribution in [3.05, 3.63) is 339 Å². The number of amides is 1. The Kier molecular flexibility index (Phi) is 25.3. The van der Waals surface area contributed by atoms with Crippen LogP contribution in [-0.2, 0) is 42.1 Å². The van der Waals surface area contributed by atoms with E-state index in [1.54, 1.807) is 24.5 Å². The Hall–Kier alpha value is -17.9. The number of hydrogen-bond acceptors (Lipinski definition) is 26. The maximum atomic E-state index is 14.1. The van der Waals surface area contributed by atoms with Crippen molar-refractivity contribution >= 4 is 146 Å². The smallest absolute Gasteiger partial charge is 0.292 e. The van der Waals surface area contributed by atoms with Gasteiger partial charge in [-0.3, -0.25) is 37.7 Å². The van der Waals surface area contributed by atoms with Crippen molar-refractivity contribution in [3.63, 3.8) is 0 Å². The summed E-state index contributed by atoms with van der Waals surface area (Å²) in [5.41, 5.74) is 51.0. The number of aromatic nitrogens is 21. The van der Waals surface area contributed by atoms with Gasteiger partial charge in [-0.2, -0.15) is 25.4 Å². The van der Waals surface area contributed by atoms with Gasteiger partial charge in [0.1, 0.15) is 73.0 Å². The van der Waals surface area contributed by atoms with E-state index >= 15 is 0 Å². The zero-order valence-electron chi connectivity index (χ0n) is 82.1. The number of anilines is 5. The van der Waals surface area contributed by atoms with E-state index in [9.17, 15) is 24.0 Å². The molecule has 1 amide bonds. The second-order valence-electron chi connectivity index (χ2n) is 37.3. The number of aryl methyl sites for hydroxylation is 8. The molecule has 0 spiro atoms. The topological polar surface area (TPSA) is 463 Å². The van der Waals surface area contributed by atoms with Crippen LogP contribution in [0.25, 0.3) is 133 Å². The quantitative estimate of drug-likeness (QED) is 0.0386. The maximum absolute atomic E-state index is 14.1. The summed E-state index contributed by atoms with van der Waals surface area (Å²) in [4.78, 5) is 109. The summed E-state index contributed by atoms with van der Waals surface area (Å²) >= 11 is 0. The molecule has 11 N–H and O–H groups in total. The summed E-state index contributed by atoms with van der Waals surface area (Å²) in [6.45, 7) is 22.6. The molecule has 3 fully saturated rings. The number of para-hydroxylation sites is 3. The summed E-state index contributed by atoms with van der Waals surface area (Å²) in [5.74, 6) is 1.29. The van der Waals surface area contributed by atoms with Crippen LogP contribution in [0.5, 0.6) is 0 Å². The minimum Gasteiger partial charge on any atom is -0.424 e. The number of oxazole rings is 1. The highest BCUT2D eigenvalue weighted by atomic mass is 16.5. The Morgan fingerprint density at radius 2 is 0.829 bits per heavy atom. The molecular formula is C110H106N29O7+. The lowest BCUT2D eigenvalue weighted by atomic mass is 10.0. The van der Waals surface area contributed by atoms with Crippen molar-refractivity contribution in [2.75, 3.05) is 81.7 Å². The van der Waals surface area contributed by atoms with E-state index in [1.165, 1.54) is 25.3 Å². The number of nitrogens with two attached hydrogens (primary N) is 5. The van der Waals surface area contributed by atoms with Gasteiger partial charge in [-0.1, -0.05) is 134 Å². The number of nitrogens with one attached hydrogen (secondary N) is 1. The minimum absolute atomic E-state index is 0.0359. The number of fused-ring (bicyclic) bond motifs is 9. The molecule has 36 nitrogen and oxygen atoms in total. The van der Waals surface area contributed by atoms with Crippen LogP contribution in [0.3, 0.4) is 0 Å². The maximum Gasteiger partial charge on any atom is 0.292 e. The fourth-order valence-corrected chi connectivity index (χ4v) is 20.5. The Morgan fingerprint density at radius 1 is 0.425 bits per heavy atom. The summed E-state index contributed by atoms with van der Waals surface area (Å²) < 4.78 is 27.6. The molecule has 3 saturated heterocycles. The first-order valence-corrected chi connectivity index (χ1v) is 48.4. The number of carbonyl (C=O) groups excluding carboxylic acids is 1. The molecule has 3 aliphatic rings. The van der Waals surface area contributed by atoms with Crippen LogP contribution in [0.1, 0.15) is 111 Å². The van der Waals surface area contributed by atoms with Gasteiger partial charge >= 0.3 is 0 Å². The third-order valence-corrected chi connectivity index (χ3v) is 27.7. The van der Waals surface area contributed by atoms with Gasteiger partial charge in [-0.05, 0) is 222 Å². The van der Waals surface area contributed by atoms with Gasteiger partial charge < -0.3 is 52.6 Å². The number of pyridine rings is 4. The van der Waals surface area contributed by atoms with Gasteiger partial charge in [0.05, 0.1) is 97.7 Å². The fraction of sp³-hybridized carbons (Fsp3) is 0.227. The number of carbonyl (C=O) groups is 1. The van der Waals surface area contributed by atoms with Crippen LogP contribution >= 0.6 is 0 Å². The molecule has 16 heterocycles. The van der Waals surface area contributed by atoms with Crippen molar-refractivity contribution in [2.45, 2.75) is 113 Å². The zero-order valence-corrected chi connectivity index (χ0v) is 82.1. The standard InChI is InChI=1S/C29H29N9O2.C28H28N7O2.C28H25N7O2.C25H24N6O/c1-16-4-3-5-17-12-20(38(28(39)23(16)17)19-8-10-36(2)11-9-19)14-37-27-24(26(30)32-15-33-27)25(35-37)18-6-7-22-21(13-18)34-29(31)40-22;1-18-6-3-4-9-23(18)35-21(14-20-8-5-7-19(2)24(20)28(35)36)15-34-27-25(26(29)30-17-31-27)22(32-34)16-33-10-12-37-13-11-33;1-16-6-3-4-9-22(16)35-20(12-18-8-5-7-17(2)23(18)28(35)37)14-34-26-24(25(29)31-15-32-26)21(33-34)13-19-10-11-30-27(19)36;1-4-19-22-23(26)27-14-28-24(22)30(29-19)13-18-12-17-10-7-9-16(3)21(17)25(32)31(18)20-11-6-5-8-15(20)2/h3-7,12-13,15,19H,8-11,14H2,1-2H3,(H2,31,34)(H2,30,32,33);3-9,14,16-17H,10-13,15H2,1-2H3,(H2,29,30,31);3-9,12-13,15H,10-11,14H2,1-2H3,(H,30,36)(H2,29,31,32);5-12,14H,4,13H2,1-3H3,(H2,26,27,28)/q;+1;;/b;;19-13-;. The molecule has 24 rings (SSSR count). The van der Waals surface area contributed by atoms with Crippen molar-refractivity contribution in [2.24, 2.45) is 0 Å². The van der Waals surface area contributed by atoms with Gasteiger partial charge in [0.15, 0.2) is 53.2 Å². The molecule has 0 atom stereocenters. The van der Waals surface area contributed by atoms with E-state index in [4.69, 9.17) is 58.2 Å². The first-order valence-electron chi connectivity index (χ1n) is 48.4. The lowest BCUT2D eigenvalue weighted by Crippen LogP contribution is -2.37. The highest BCUT2D eigenvalue weighted by molar-refractivity contribution is 6.04. The van der Waals surface area contributed by atoms with Gasteiger partial charge in [-0.25, -0.2) is 63.2 Å². The van der Waals surface area contributed by atoms with Crippen molar-refractivity contribution in [1.82, 2.24) is 112 Å². The first kappa shape index (κ1) is 94.3. The van der Waals surface area contributed by atoms with Gasteiger partial charge in [0.2, 0.25) is 5.91 Å². The molecule has 3 aliphatic heterocycles. The summed E-state index contributed by atoms with van der Waals surface area (Å²) in [7, 11) is 2.12. The molecule has 0 bridgehead atoms. The molecule has 8 aromatic carbocycles. The molecule has 13 aromatic heterocycles. The van der Waals surface area contributed by atoms with Crippen LogP contribution in [0.15, 0.2) is 243 Å². The largest absolute Gasteiger partial charge is 0.424 e. The highest BCUT2D eigenvalue weighted by Gasteiger charge is 2.31. The number of likely N-dealkylation sites (tertiary alicyclic amines) is 1. The van der Waals surface area contributed by atoms with E-state index in [2.05, 4.69) is 84.9 Å². The van der Waals surface area contributed by atoms with Crippen molar-refractivity contribution in [1.29, 1.82) is 0 Å². The Bertz CT molecular complexity index is 9170. The van der Waals surface area contributed by atoms with Crippen molar-refractivity contribution < 1.29 is 18.5 Å². The molecule has 732 valence electrons. The lowest BCUT2D eigenvalue weighted by molar-refractivity contribution is -0.544. The second-order valence-corrected chi connectivity index (χ2v) is 37.3. The van der Waals surface area contributed by atoms with Crippen LogP contribution in [0, 0.1) is 48.5 Å². The molecule has 0 radical (unpaired) electrons. The number of piperidine rings is 1. The molecule has 0 saturated carbocycles. The third kappa shape index (κ3) is 17.7. The fourth-order valence-electron chi connectivity index (χ4n) is 20.5. The van der Waals surface area contributed by atoms with Gasteiger partial charge in [0.25, 0.3) is 28.3 Å². The minimum atomic E-state index is -0.114. The van der Waals surface area contributed by atoms with Crippen LogP contribution in [0.2, 0.25) is 0 Å². The number of hydrogen-bond donors (Lipinski definition) is 6. The molecule has 0 aliphatic carbocycles. The van der Waals surface area contributed by atoms with Gasteiger partial charge in [0, 0.05) is 46.5 Å². The summed E-state index contributed by atoms with van der Waals surface area (Å²) in [6, 6.07) is 61.4. The molecular weight excluding hydrogens is 1840 g/mol. The molecule has 146 heavy (non-hydrogen) atoms. The first-order chi connectivity index (χ1) is 70.8. The van der Waals surface area contributed by atoms with E-state index in [0.717, 1.165) is 167 Å². The SMILES string of the molecule is CCc1nn(Cc2cc3cccc(C)c3c(=O)n2-c2ccccc2C)c2ncnc(N)c12.Cc1cccc2cc(Cn3nc(-c4ccc5oc(N)nc5c4)c4c(N)ncnc43)n(C3CCN(C)CC3)c(=O)c12.Cc1ccccc1-n1c(Cn2nc(/C=C3/CCNC3=O)c3c(N)ncnc32)cc2cccc(C)c2c1=O.Cc1ccccc1-n1c(Cn2nc(C=[N+]3CCOCC3)c3c(N)ncnc32)cc2cccc(C)c2c1=O. The van der Waals surface area contributed by atoms with Crippen LogP contribution in [0.4, 0.5) is 29.3 Å². The third-order valence-electron chi connectivity index (χ3n) is 27.7. The zero-order chi connectivity index (χ0) is 101. The highest BCUT2D eigenvalue weighted by Crippen LogP contribution is 2.37. The molecule has 0 unspecified atom stereocenters. The number of rotatable bonds is 16. The molecule has 21 aromatic rings. The molecule has 36 heteroatoms. The number of benzene rings is 8. The van der Waals surface area contributed by atoms with E-state index in [1.807, 2.05) is 250 Å². The number of ether oxygens (including phenoxy) is 1. The summed E-state index contributed by atoms with van der Waals surface area (Å²) in [5, 5.41) is 31.4. The predicted molar refractivity (Wildman–Crippen MR) is 569 cm³/mol. The van der Waals surface area contributed by atoms with Crippen molar-refractivity contribution in [3.8, 4) is 28.3 Å². The predicted octanol–water partition coefficient (Wildman–Crippen LogP) is 13.8. The van der Waals surface area contributed by atoms with Crippen LogP contribution in [-0.4, -0.2) is 177 Å². The van der Waals surface area contributed by atoms with E-state index in [-0.39, 0.29) is 52.6 Å². The average Bonchev–Trinajstić information content (AvgIpc) is 1.53. The Labute approximate surface area is 834 Å². The number of nitrogens with zero attached hydrogens (tertiary/aromatic N) is 23.